The van der Waals surface area contributed by atoms with Gasteiger partial charge in [-0.2, -0.15) is 0 Å². The molecule has 4 rings (SSSR count). The van der Waals surface area contributed by atoms with Crippen LogP contribution in [0.5, 0.6) is 0 Å². The second-order valence-corrected chi connectivity index (χ2v) is 4.74. The molecule has 2 bridgehead atoms. The van der Waals surface area contributed by atoms with Crippen molar-refractivity contribution < 1.29 is 9.90 Å². The molecule has 0 radical (unpaired) electrons. The number of rotatable bonds is 1. The molecule has 0 amide bonds. The van der Waals surface area contributed by atoms with Crippen molar-refractivity contribution in [3.05, 3.63) is 35.9 Å². The Kier molecular flexibility index (Phi) is 4.15. The molecule has 3 heterocycles. The van der Waals surface area contributed by atoms with Crippen molar-refractivity contribution in [1.82, 2.24) is 4.90 Å². The van der Waals surface area contributed by atoms with Gasteiger partial charge < -0.3 is 10.0 Å². The Bertz CT molecular complexity index is 333. The van der Waals surface area contributed by atoms with Crippen LogP contribution in [0.2, 0.25) is 0 Å². The third-order valence-corrected chi connectivity index (χ3v) is 3.58. The molecule has 3 heteroatoms. The van der Waals surface area contributed by atoms with Crippen molar-refractivity contribution in [2.75, 3.05) is 19.6 Å². The van der Waals surface area contributed by atoms with Gasteiger partial charge in [-0.25, -0.2) is 4.79 Å². The fraction of sp³-hybridized carbons (Fsp3) is 0.500. The van der Waals surface area contributed by atoms with Crippen LogP contribution >= 0.6 is 0 Å². The minimum absolute atomic E-state index is 0.331. The molecule has 1 aromatic carbocycles. The number of hydrogen-bond donors (Lipinski definition) is 1. The lowest BCUT2D eigenvalue weighted by molar-refractivity contribution is 0.0697. The maximum atomic E-state index is 10.2. The fourth-order valence-electron chi connectivity index (χ4n) is 2.44. The summed E-state index contributed by atoms with van der Waals surface area (Å²) in [7, 11) is 0. The van der Waals surface area contributed by atoms with Crippen LogP contribution in [0.25, 0.3) is 0 Å². The number of carboxylic acids is 1. The van der Waals surface area contributed by atoms with E-state index in [0.29, 0.717) is 5.56 Å². The number of hydrogen-bond acceptors (Lipinski definition) is 2. The number of carbonyl (C=O) groups is 1. The summed E-state index contributed by atoms with van der Waals surface area (Å²) in [5, 5.41) is 8.38. The molecule has 3 saturated heterocycles. The van der Waals surface area contributed by atoms with Crippen LogP contribution < -0.4 is 0 Å². The zero-order valence-electron chi connectivity index (χ0n) is 10.0. The zero-order chi connectivity index (χ0) is 12.1. The number of carboxylic acid groups (broad SMARTS) is 1. The lowest BCUT2D eigenvalue weighted by Crippen LogP contribution is -2.41. The Morgan fingerprint density at radius 3 is 1.82 bits per heavy atom. The van der Waals surface area contributed by atoms with Gasteiger partial charge in [0, 0.05) is 0 Å². The average molecular weight is 233 g/mol. The summed E-state index contributed by atoms with van der Waals surface area (Å²) >= 11 is 0. The van der Waals surface area contributed by atoms with Crippen LogP contribution in [0, 0.1) is 5.92 Å². The smallest absolute Gasteiger partial charge is 0.335 e. The van der Waals surface area contributed by atoms with Crippen LogP contribution in [0.4, 0.5) is 0 Å². The van der Waals surface area contributed by atoms with E-state index in [9.17, 15) is 4.79 Å². The van der Waals surface area contributed by atoms with Gasteiger partial charge in [0.15, 0.2) is 0 Å². The van der Waals surface area contributed by atoms with Gasteiger partial charge in [-0.05, 0) is 56.9 Å². The first-order chi connectivity index (χ1) is 8.25. The third-order valence-electron chi connectivity index (χ3n) is 3.58. The van der Waals surface area contributed by atoms with E-state index < -0.39 is 5.97 Å². The van der Waals surface area contributed by atoms with Crippen LogP contribution in [0.1, 0.15) is 29.6 Å². The molecular formula is C14H19NO2. The highest BCUT2D eigenvalue weighted by Crippen LogP contribution is 2.26. The molecule has 0 saturated carbocycles. The Labute approximate surface area is 102 Å². The quantitative estimate of drug-likeness (QED) is 0.810. The van der Waals surface area contributed by atoms with Gasteiger partial charge in [0.1, 0.15) is 0 Å². The van der Waals surface area contributed by atoms with E-state index in [4.69, 9.17) is 5.11 Å². The minimum atomic E-state index is -0.879. The summed E-state index contributed by atoms with van der Waals surface area (Å²) < 4.78 is 0. The highest BCUT2D eigenvalue weighted by atomic mass is 16.4. The topological polar surface area (TPSA) is 40.5 Å². The van der Waals surface area contributed by atoms with Crippen molar-refractivity contribution in [2.24, 2.45) is 5.92 Å². The van der Waals surface area contributed by atoms with E-state index in [0.717, 1.165) is 5.92 Å². The molecule has 3 nitrogen and oxygen atoms in total. The largest absolute Gasteiger partial charge is 0.478 e. The highest BCUT2D eigenvalue weighted by Gasteiger charge is 2.24. The molecule has 3 aliphatic heterocycles. The van der Waals surface area contributed by atoms with Crippen LogP contribution in [0.3, 0.4) is 0 Å². The summed E-state index contributed by atoms with van der Waals surface area (Å²) in [6.07, 6.45) is 4.46. The first kappa shape index (κ1) is 12.1. The Balaban J connectivity index is 0.000000127. The average Bonchev–Trinajstić information content (AvgIpc) is 2.43. The second-order valence-electron chi connectivity index (χ2n) is 4.74. The first-order valence-corrected chi connectivity index (χ1v) is 6.26. The highest BCUT2D eigenvalue weighted by molar-refractivity contribution is 5.87. The molecule has 0 unspecified atom stereocenters. The van der Waals surface area contributed by atoms with Gasteiger partial charge in [-0.1, -0.05) is 18.2 Å². The Hall–Kier alpha value is -1.35. The molecule has 0 aromatic heterocycles. The second kappa shape index (κ2) is 5.82. The summed E-state index contributed by atoms with van der Waals surface area (Å²) in [6.45, 7) is 4.18. The third kappa shape index (κ3) is 3.56. The maximum absolute atomic E-state index is 10.2. The van der Waals surface area contributed by atoms with Crippen molar-refractivity contribution in [3.8, 4) is 0 Å². The van der Waals surface area contributed by atoms with Crippen molar-refractivity contribution >= 4 is 5.97 Å². The van der Waals surface area contributed by atoms with E-state index >= 15 is 0 Å². The van der Waals surface area contributed by atoms with E-state index in [-0.39, 0.29) is 0 Å². The monoisotopic (exact) mass is 233 g/mol. The Morgan fingerprint density at radius 1 is 1.06 bits per heavy atom. The predicted octanol–water partition coefficient (Wildman–Crippen LogP) is 2.49. The molecule has 92 valence electrons. The predicted molar refractivity (Wildman–Crippen MR) is 67.2 cm³/mol. The van der Waals surface area contributed by atoms with Gasteiger partial charge >= 0.3 is 5.97 Å². The SMILES string of the molecule is C1CN2CCC1CC2.O=C(O)c1ccccc1. The molecule has 17 heavy (non-hydrogen) atoms. The lowest BCUT2D eigenvalue weighted by Gasteiger charge is -2.38. The van der Waals surface area contributed by atoms with Gasteiger partial charge in [0.25, 0.3) is 0 Å². The number of piperidine rings is 3. The summed E-state index contributed by atoms with van der Waals surface area (Å²) in [6, 6.07) is 8.30. The number of aromatic carboxylic acids is 1. The van der Waals surface area contributed by atoms with E-state index in [2.05, 4.69) is 4.90 Å². The standard InChI is InChI=1S/C7H13N.C7H6O2/c1-4-8-5-2-7(1)3-6-8;8-7(9)6-4-2-1-3-5-6/h7H,1-6H2;1-5H,(H,8,9). The maximum Gasteiger partial charge on any atom is 0.335 e. The Morgan fingerprint density at radius 2 is 1.59 bits per heavy atom. The number of nitrogens with zero attached hydrogens (tertiary/aromatic N) is 1. The molecule has 3 fully saturated rings. The van der Waals surface area contributed by atoms with Gasteiger partial charge in [-0.15, -0.1) is 0 Å². The molecule has 0 atom stereocenters. The minimum Gasteiger partial charge on any atom is -0.478 e. The van der Waals surface area contributed by atoms with Gasteiger partial charge in [0.2, 0.25) is 0 Å². The molecule has 1 aromatic rings. The van der Waals surface area contributed by atoms with Crippen LogP contribution in [-0.4, -0.2) is 35.6 Å². The lowest BCUT2D eigenvalue weighted by atomic mass is 9.89. The number of fused-ring (bicyclic) bond motifs is 3. The van der Waals surface area contributed by atoms with Gasteiger partial charge in [0.05, 0.1) is 5.56 Å². The van der Waals surface area contributed by atoms with Crippen molar-refractivity contribution in [1.29, 1.82) is 0 Å². The summed E-state index contributed by atoms with van der Waals surface area (Å²) in [5.41, 5.74) is 0.331. The summed E-state index contributed by atoms with van der Waals surface area (Å²) in [5.74, 6) is 0.232. The fourth-order valence-corrected chi connectivity index (χ4v) is 2.44. The van der Waals surface area contributed by atoms with Crippen molar-refractivity contribution in [2.45, 2.75) is 19.3 Å². The first-order valence-electron chi connectivity index (χ1n) is 6.26. The molecule has 0 spiro atoms. The number of benzene rings is 1. The zero-order valence-corrected chi connectivity index (χ0v) is 10.0. The normalized spacial score (nSPS) is 25.9. The molecule has 0 aliphatic carbocycles. The van der Waals surface area contributed by atoms with E-state index in [1.165, 1.54) is 38.9 Å². The molecule has 1 N–H and O–H groups in total. The molecular weight excluding hydrogens is 214 g/mol. The van der Waals surface area contributed by atoms with Crippen LogP contribution in [-0.2, 0) is 0 Å². The van der Waals surface area contributed by atoms with Crippen molar-refractivity contribution in [3.63, 3.8) is 0 Å². The van der Waals surface area contributed by atoms with Gasteiger partial charge in [-0.3, -0.25) is 0 Å². The molecule has 3 aliphatic rings. The van der Waals surface area contributed by atoms with Crippen LogP contribution in [0.15, 0.2) is 30.3 Å². The van der Waals surface area contributed by atoms with E-state index in [1.54, 1.807) is 30.3 Å². The summed E-state index contributed by atoms with van der Waals surface area (Å²) in [4.78, 5) is 12.8. The van der Waals surface area contributed by atoms with E-state index in [1.807, 2.05) is 0 Å².